The molecule has 1 amide bonds. The number of nitrogens with two attached hydrogens (primary N) is 1. The fraction of sp³-hybridized carbons (Fsp3) is 0. The molecule has 0 saturated carbocycles. The van der Waals surface area contributed by atoms with Gasteiger partial charge in [-0.05, 0) is 36.4 Å². The molecule has 0 heterocycles. The fourth-order valence-electron chi connectivity index (χ4n) is 1.56. The average Bonchev–Trinajstić information content (AvgIpc) is 2.42. The number of nitrogen functional groups attached to an aromatic ring is 1. The maximum absolute atomic E-state index is 13.2. The molecule has 2 aromatic carbocycles. The Hall–Kier alpha value is -2.87. The van der Waals surface area contributed by atoms with Crippen molar-refractivity contribution in [2.45, 2.75) is 0 Å². The molecule has 0 bridgehead atoms. The van der Waals surface area contributed by atoms with Crippen LogP contribution >= 0.6 is 0 Å². The number of amides is 1. The molecule has 0 aliphatic heterocycles. The molecule has 2 aromatic rings. The smallest absolute Gasteiger partial charge is 0.257 e. The Morgan fingerprint density at radius 1 is 1.21 bits per heavy atom. The highest BCUT2D eigenvalue weighted by molar-refractivity contribution is 6.07. The lowest BCUT2D eigenvalue weighted by molar-refractivity contribution is 0.102. The molecule has 0 saturated heterocycles. The molecule has 0 unspecified atom stereocenters. The van der Waals surface area contributed by atoms with Crippen molar-refractivity contribution in [1.82, 2.24) is 0 Å². The van der Waals surface area contributed by atoms with Gasteiger partial charge in [0.2, 0.25) is 0 Å². The molecule has 94 valence electrons. The van der Waals surface area contributed by atoms with Gasteiger partial charge < -0.3 is 11.1 Å². The van der Waals surface area contributed by atoms with E-state index in [4.69, 9.17) is 11.0 Å². The number of benzene rings is 2. The Balaban J connectivity index is 2.21. The van der Waals surface area contributed by atoms with Crippen LogP contribution in [-0.2, 0) is 0 Å². The zero-order valence-corrected chi connectivity index (χ0v) is 9.85. The summed E-state index contributed by atoms with van der Waals surface area (Å²) < 4.78 is 13.2. The molecule has 0 aliphatic carbocycles. The van der Waals surface area contributed by atoms with Crippen molar-refractivity contribution in [3.63, 3.8) is 0 Å². The van der Waals surface area contributed by atoms with Crippen LogP contribution in [0.1, 0.15) is 15.9 Å². The van der Waals surface area contributed by atoms with Crippen molar-refractivity contribution >= 4 is 17.3 Å². The maximum atomic E-state index is 13.2. The quantitative estimate of drug-likeness (QED) is 0.809. The minimum atomic E-state index is -0.632. The second kappa shape index (κ2) is 5.19. The summed E-state index contributed by atoms with van der Waals surface area (Å²) in [5.74, 6) is -1.13. The van der Waals surface area contributed by atoms with E-state index >= 15 is 0 Å². The van der Waals surface area contributed by atoms with Crippen LogP contribution in [0.2, 0.25) is 0 Å². The highest BCUT2D eigenvalue weighted by Gasteiger charge is 2.12. The first-order valence-electron chi connectivity index (χ1n) is 5.47. The summed E-state index contributed by atoms with van der Waals surface area (Å²) in [7, 11) is 0. The van der Waals surface area contributed by atoms with Gasteiger partial charge in [0.1, 0.15) is 5.82 Å². The van der Waals surface area contributed by atoms with Gasteiger partial charge in [0.05, 0.1) is 22.9 Å². The van der Waals surface area contributed by atoms with E-state index in [0.717, 1.165) is 0 Å². The number of hydrogen-bond donors (Lipinski definition) is 2. The molecule has 19 heavy (non-hydrogen) atoms. The van der Waals surface area contributed by atoms with Crippen molar-refractivity contribution < 1.29 is 9.18 Å². The third-order valence-electron chi connectivity index (χ3n) is 2.57. The van der Waals surface area contributed by atoms with E-state index in [2.05, 4.69) is 5.32 Å². The number of hydrogen-bond acceptors (Lipinski definition) is 3. The molecule has 0 fully saturated rings. The average molecular weight is 255 g/mol. The topological polar surface area (TPSA) is 78.9 Å². The van der Waals surface area contributed by atoms with Crippen LogP contribution in [0.3, 0.4) is 0 Å². The number of rotatable bonds is 2. The van der Waals surface area contributed by atoms with Gasteiger partial charge >= 0.3 is 0 Å². The van der Waals surface area contributed by atoms with E-state index in [0.29, 0.717) is 11.3 Å². The highest BCUT2D eigenvalue weighted by Crippen LogP contribution is 2.18. The minimum Gasteiger partial charge on any atom is -0.396 e. The zero-order valence-electron chi connectivity index (χ0n) is 9.85. The van der Waals surface area contributed by atoms with Crippen LogP contribution < -0.4 is 11.1 Å². The third kappa shape index (κ3) is 2.69. The van der Waals surface area contributed by atoms with Crippen molar-refractivity contribution in [2.24, 2.45) is 0 Å². The van der Waals surface area contributed by atoms with E-state index in [1.54, 1.807) is 24.3 Å². The molecule has 2 rings (SSSR count). The van der Waals surface area contributed by atoms with Crippen molar-refractivity contribution in [3.05, 3.63) is 59.4 Å². The van der Waals surface area contributed by atoms with Crippen molar-refractivity contribution in [1.29, 1.82) is 5.26 Å². The SMILES string of the molecule is N#Cc1ccc(NC(=O)c2cccc(F)c2N)cc1. The number of halogens is 1. The summed E-state index contributed by atoms with van der Waals surface area (Å²) in [6.07, 6.45) is 0. The summed E-state index contributed by atoms with van der Waals surface area (Å²) in [6.45, 7) is 0. The lowest BCUT2D eigenvalue weighted by Gasteiger charge is -2.07. The normalized spacial score (nSPS) is 9.68. The van der Waals surface area contributed by atoms with Gasteiger partial charge in [-0.1, -0.05) is 6.07 Å². The molecular formula is C14H10FN3O. The van der Waals surface area contributed by atoms with E-state index < -0.39 is 11.7 Å². The predicted octanol–water partition coefficient (Wildman–Crippen LogP) is 2.53. The van der Waals surface area contributed by atoms with Gasteiger partial charge in [-0.15, -0.1) is 0 Å². The van der Waals surface area contributed by atoms with Crippen LogP contribution in [0.25, 0.3) is 0 Å². The molecule has 0 aliphatic rings. The van der Waals surface area contributed by atoms with Crippen LogP contribution in [0.5, 0.6) is 0 Å². The maximum Gasteiger partial charge on any atom is 0.257 e. The molecule has 5 heteroatoms. The molecule has 3 N–H and O–H groups in total. The molecule has 0 atom stereocenters. The fourth-order valence-corrected chi connectivity index (χ4v) is 1.56. The van der Waals surface area contributed by atoms with E-state index in [1.165, 1.54) is 18.2 Å². The third-order valence-corrected chi connectivity index (χ3v) is 2.57. The van der Waals surface area contributed by atoms with Crippen LogP contribution in [-0.4, -0.2) is 5.91 Å². The second-order valence-electron chi connectivity index (χ2n) is 3.84. The second-order valence-corrected chi connectivity index (χ2v) is 3.84. The van der Waals surface area contributed by atoms with Crippen LogP contribution in [0.4, 0.5) is 15.8 Å². The van der Waals surface area contributed by atoms with Gasteiger partial charge in [-0.25, -0.2) is 4.39 Å². The Labute approximate surface area is 109 Å². The Bertz CT molecular complexity index is 659. The van der Waals surface area contributed by atoms with Gasteiger partial charge in [-0.2, -0.15) is 5.26 Å². The number of carbonyl (C=O) groups is 1. The number of para-hydroxylation sites is 1. The molecule has 0 aromatic heterocycles. The molecule has 0 spiro atoms. The summed E-state index contributed by atoms with van der Waals surface area (Å²) in [6, 6.07) is 12.3. The van der Waals surface area contributed by atoms with Gasteiger partial charge in [0.25, 0.3) is 5.91 Å². The first-order chi connectivity index (χ1) is 9.11. The number of nitrogens with zero attached hydrogens (tertiary/aromatic N) is 1. The predicted molar refractivity (Wildman–Crippen MR) is 69.9 cm³/mol. The summed E-state index contributed by atoms with van der Waals surface area (Å²) in [5, 5.41) is 11.2. The van der Waals surface area contributed by atoms with Crippen molar-refractivity contribution in [3.8, 4) is 6.07 Å². The zero-order chi connectivity index (χ0) is 13.8. The van der Waals surface area contributed by atoms with Gasteiger partial charge in [0.15, 0.2) is 0 Å². The number of anilines is 2. The van der Waals surface area contributed by atoms with Crippen LogP contribution in [0.15, 0.2) is 42.5 Å². The molecule has 0 radical (unpaired) electrons. The largest absolute Gasteiger partial charge is 0.396 e. The lowest BCUT2D eigenvalue weighted by atomic mass is 10.1. The monoisotopic (exact) mass is 255 g/mol. The standard InChI is InChI=1S/C14H10FN3O/c15-12-3-1-2-11(13(12)17)14(19)18-10-6-4-9(8-16)5-7-10/h1-7H,17H2,(H,18,19). The van der Waals surface area contributed by atoms with E-state index in [-0.39, 0.29) is 11.3 Å². The number of nitriles is 1. The minimum absolute atomic E-state index is 0.0735. The summed E-state index contributed by atoms with van der Waals surface area (Å²) >= 11 is 0. The van der Waals surface area contributed by atoms with Crippen molar-refractivity contribution in [2.75, 3.05) is 11.1 Å². The highest BCUT2D eigenvalue weighted by atomic mass is 19.1. The first kappa shape index (κ1) is 12.6. The Kier molecular flexibility index (Phi) is 3.44. The van der Waals surface area contributed by atoms with E-state index in [9.17, 15) is 9.18 Å². The molecule has 4 nitrogen and oxygen atoms in total. The van der Waals surface area contributed by atoms with Gasteiger partial charge in [-0.3, -0.25) is 4.79 Å². The lowest BCUT2D eigenvalue weighted by Crippen LogP contribution is -2.14. The van der Waals surface area contributed by atoms with E-state index in [1.807, 2.05) is 6.07 Å². The first-order valence-corrected chi connectivity index (χ1v) is 5.47. The number of nitrogens with one attached hydrogen (secondary N) is 1. The van der Waals surface area contributed by atoms with Crippen LogP contribution in [0, 0.1) is 17.1 Å². The molecular weight excluding hydrogens is 245 g/mol. The summed E-state index contributed by atoms with van der Waals surface area (Å²) in [4.78, 5) is 11.9. The Morgan fingerprint density at radius 3 is 2.53 bits per heavy atom. The summed E-state index contributed by atoms with van der Waals surface area (Å²) in [5.41, 5.74) is 6.39. The van der Waals surface area contributed by atoms with Gasteiger partial charge in [0, 0.05) is 5.69 Å². The number of carbonyl (C=O) groups excluding carboxylic acids is 1. The Morgan fingerprint density at radius 2 is 1.89 bits per heavy atom.